The van der Waals surface area contributed by atoms with Crippen LogP contribution in [0.25, 0.3) is 11.4 Å². The van der Waals surface area contributed by atoms with Crippen molar-refractivity contribution in [1.82, 2.24) is 15.1 Å². The van der Waals surface area contributed by atoms with Crippen molar-refractivity contribution in [3.05, 3.63) is 40.7 Å². The summed E-state index contributed by atoms with van der Waals surface area (Å²) >= 11 is 1.39. The molecule has 2 atom stereocenters. The van der Waals surface area contributed by atoms with Crippen LogP contribution in [0.2, 0.25) is 0 Å². The molecule has 3 aromatic rings. The predicted octanol–water partition coefficient (Wildman–Crippen LogP) is 4.18. The summed E-state index contributed by atoms with van der Waals surface area (Å²) in [6, 6.07) is 6.13. The van der Waals surface area contributed by atoms with Gasteiger partial charge in [0.1, 0.15) is 11.4 Å². The highest BCUT2D eigenvalue weighted by Crippen LogP contribution is 2.43. The van der Waals surface area contributed by atoms with Crippen LogP contribution in [-0.4, -0.2) is 46.1 Å². The highest BCUT2D eigenvalue weighted by molar-refractivity contribution is 7.16. The maximum atomic E-state index is 13.2. The van der Waals surface area contributed by atoms with Crippen LogP contribution in [0.5, 0.6) is 0 Å². The molecule has 9 nitrogen and oxygen atoms in total. The third kappa shape index (κ3) is 4.05. The number of hydrogen-bond donors (Lipinski definition) is 1. The van der Waals surface area contributed by atoms with Crippen molar-refractivity contribution in [3.63, 3.8) is 0 Å². The van der Waals surface area contributed by atoms with Gasteiger partial charge in [-0.15, -0.1) is 0 Å². The quantitative estimate of drug-likeness (QED) is 0.622. The molecule has 2 bridgehead atoms. The fourth-order valence-corrected chi connectivity index (χ4v) is 4.92. The molecular weight excluding hydrogens is 437 g/mol. The minimum Gasteiger partial charge on any atom is -0.444 e. The maximum Gasteiger partial charge on any atom is 0.413 e. The zero-order chi connectivity index (χ0) is 22.5. The average Bonchev–Trinajstić information content (AvgIpc) is 3.34. The Kier molecular flexibility index (Phi) is 5.09. The molecule has 11 heteroatoms. The molecule has 4 heterocycles. The van der Waals surface area contributed by atoms with E-state index < -0.39 is 11.7 Å². The molecule has 2 unspecified atom stereocenters. The van der Waals surface area contributed by atoms with E-state index in [1.165, 1.54) is 23.5 Å². The van der Waals surface area contributed by atoms with Crippen molar-refractivity contribution in [2.45, 2.75) is 44.9 Å². The summed E-state index contributed by atoms with van der Waals surface area (Å²) in [6.07, 6.45) is 0.0765. The smallest absolute Gasteiger partial charge is 0.413 e. The standard InChI is InChI=1S/C21H22FN5O4S/c1-21(2,3)30-20(28)25-18-23-14-8-13-9-29-10-15(16(14)32-18)27(13)19-24-17(26-31-19)11-4-6-12(22)7-5-11/h4-7,13,15H,8-10H2,1-3H3,(H,23,25,28). The van der Waals surface area contributed by atoms with E-state index in [2.05, 4.69) is 25.3 Å². The molecule has 1 fully saturated rings. The van der Waals surface area contributed by atoms with Gasteiger partial charge in [0.25, 0.3) is 0 Å². The van der Waals surface area contributed by atoms with Gasteiger partial charge in [0.05, 0.1) is 35.9 Å². The second-order valence-corrected chi connectivity index (χ2v) is 9.71. The zero-order valence-electron chi connectivity index (χ0n) is 17.8. The second-order valence-electron chi connectivity index (χ2n) is 8.68. The SMILES string of the molecule is CC(C)(C)OC(=O)Nc1nc2c(s1)C1COCC(C2)N1c1nc(-c2ccc(F)cc2)no1. The summed E-state index contributed by atoms with van der Waals surface area (Å²) in [6.45, 7) is 6.36. The van der Waals surface area contributed by atoms with Crippen molar-refractivity contribution < 1.29 is 23.2 Å². The van der Waals surface area contributed by atoms with Crippen molar-refractivity contribution in [3.8, 4) is 11.4 Å². The maximum absolute atomic E-state index is 13.2. The lowest BCUT2D eigenvalue weighted by Crippen LogP contribution is -2.51. The number of fused-ring (bicyclic) bond motifs is 4. The van der Waals surface area contributed by atoms with Gasteiger partial charge in [0, 0.05) is 12.0 Å². The minimum atomic E-state index is -0.595. The van der Waals surface area contributed by atoms with Gasteiger partial charge in [-0.1, -0.05) is 16.5 Å². The van der Waals surface area contributed by atoms with Crippen LogP contribution in [0.3, 0.4) is 0 Å². The molecular formula is C21H22FN5O4S. The average molecular weight is 460 g/mol. The highest BCUT2D eigenvalue weighted by Gasteiger charge is 2.43. The summed E-state index contributed by atoms with van der Waals surface area (Å²) in [5, 5.41) is 7.28. The largest absolute Gasteiger partial charge is 0.444 e. The topological polar surface area (TPSA) is 103 Å². The van der Waals surface area contributed by atoms with E-state index in [1.807, 2.05) is 20.8 Å². The Morgan fingerprint density at radius 2 is 2.03 bits per heavy atom. The van der Waals surface area contributed by atoms with E-state index in [4.69, 9.17) is 14.0 Å². The molecule has 0 spiro atoms. The van der Waals surface area contributed by atoms with Gasteiger partial charge >= 0.3 is 12.1 Å². The number of anilines is 2. The number of carbonyl (C=O) groups excluding carboxylic acids is 1. The van der Waals surface area contributed by atoms with Crippen LogP contribution in [0, 0.1) is 5.82 Å². The molecule has 5 rings (SSSR count). The Morgan fingerprint density at radius 3 is 2.78 bits per heavy atom. The molecule has 1 aromatic carbocycles. The van der Waals surface area contributed by atoms with Crippen LogP contribution in [0.15, 0.2) is 28.8 Å². The first-order valence-corrected chi connectivity index (χ1v) is 11.0. The number of halogens is 1. The van der Waals surface area contributed by atoms with E-state index in [-0.39, 0.29) is 17.9 Å². The summed E-state index contributed by atoms with van der Waals surface area (Å²) < 4.78 is 29.9. The minimum absolute atomic E-state index is 0.0285. The lowest BCUT2D eigenvalue weighted by Gasteiger charge is -2.43. The number of morpholine rings is 1. The molecule has 2 aliphatic heterocycles. The van der Waals surface area contributed by atoms with Crippen LogP contribution >= 0.6 is 11.3 Å². The summed E-state index contributed by atoms with van der Waals surface area (Å²) in [7, 11) is 0. The molecule has 1 saturated heterocycles. The second kappa shape index (κ2) is 7.82. The Bertz CT molecular complexity index is 1140. The third-order valence-corrected chi connectivity index (χ3v) is 6.24. The van der Waals surface area contributed by atoms with Gasteiger partial charge in [0.2, 0.25) is 5.82 Å². The molecule has 0 saturated carbocycles. The van der Waals surface area contributed by atoms with Gasteiger partial charge in [-0.05, 0) is 45.0 Å². The number of ether oxygens (including phenoxy) is 2. The Balaban J connectivity index is 1.40. The Hall–Kier alpha value is -3.05. The Labute approximate surface area is 187 Å². The number of nitrogens with zero attached hydrogens (tertiary/aromatic N) is 4. The van der Waals surface area contributed by atoms with Gasteiger partial charge < -0.3 is 18.9 Å². The van der Waals surface area contributed by atoms with Gasteiger partial charge in [0.15, 0.2) is 5.13 Å². The number of carbonyl (C=O) groups is 1. The van der Waals surface area contributed by atoms with E-state index in [9.17, 15) is 9.18 Å². The third-order valence-electron chi connectivity index (χ3n) is 5.12. The molecule has 168 valence electrons. The van der Waals surface area contributed by atoms with Crippen LogP contribution in [0.1, 0.15) is 37.4 Å². The normalized spacial score (nSPS) is 20.1. The van der Waals surface area contributed by atoms with E-state index >= 15 is 0 Å². The number of aromatic nitrogens is 3. The molecule has 1 N–H and O–H groups in total. The van der Waals surface area contributed by atoms with Gasteiger partial charge in [-0.3, -0.25) is 5.32 Å². The zero-order valence-corrected chi connectivity index (χ0v) is 18.6. The number of benzene rings is 1. The first-order chi connectivity index (χ1) is 15.3. The lowest BCUT2D eigenvalue weighted by atomic mass is 9.97. The number of rotatable bonds is 3. The van der Waals surface area contributed by atoms with Crippen molar-refractivity contribution in [2.24, 2.45) is 0 Å². The van der Waals surface area contributed by atoms with Gasteiger partial charge in [-0.2, -0.15) is 4.98 Å². The number of thiazole rings is 1. The van der Waals surface area contributed by atoms with Crippen molar-refractivity contribution in [2.75, 3.05) is 23.4 Å². The molecule has 1 amide bonds. The van der Waals surface area contributed by atoms with Gasteiger partial charge in [-0.25, -0.2) is 14.2 Å². The molecule has 2 aromatic heterocycles. The first kappa shape index (κ1) is 20.8. The van der Waals surface area contributed by atoms with E-state index in [0.29, 0.717) is 42.2 Å². The lowest BCUT2D eigenvalue weighted by molar-refractivity contribution is 0.0569. The summed E-state index contributed by atoms with van der Waals surface area (Å²) in [5.41, 5.74) is 0.999. The monoisotopic (exact) mass is 459 g/mol. The summed E-state index contributed by atoms with van der Waals surface area (Å²) in [4.78, 5) is 24.4. The van der Waals surface area contributed by atoms with E-state index in [1.54, 1.807) is 12.1 Å². The fourth-order valence-electron chi connectivity index (χ4n) is 3.85. The van der Waals surface area contributed by atoms with Crippen LogP contribution < -0.4 is 10.2 Å². The number of nitrogens with one attached hydrogen (secondary N) is 1. The van der Waals surface area contributed by atoms with Crippen molar-refractivity contribution in [1.29, 1.82) is 0 Å². The van der Waals surface area contributed by atoms with Crippen LogP contribution in [0.4, 0.5) is 20.3 Å². The number of amides is 1. The molecule has 0 radical (unpaired) electrons. The predicted molar refractivity (Wildman–Crippen MR) is 115 cm³/mol. The first-order valence-electron chi connectivity index (χ1n) is 10.2. The molecule has 0 aliphatic carbocycles. The molecule has 32 heavy (non-hydrogen) atoms. The van der Waals surface area contributed by atoms with Crippen LogP contribution in [-0.2, 0) is 15.9 Å². The number of hydrogen-bond acceptors (Lipinski definition) is 9. The summed E-state index contributed by atoms with van der Waals surface area (Å²) in [5.74, 6) is 0.0649. The van der Waals surface area contributed by atoms with Crippen molar-refractivity contribution >= 4 is 28.6 Å². The molecule has 2 aliphatic rings. The Morgan fingerprint density at radius 1 is 1.25 bits per heavy atom. The highest BCUT2D eigenvalue weighted by atomic mass is 32.1. The fraction of sp³-hybridized carbons (Fsp3) is 0.429. The van der Waals surface area contributed by atoms with E-state index in [0.717, 1.165) is 10.6 Å².